The molecule has 3 aromatic rings. The van der Waals surface area contributed by atoms with Crippen LogP contribution in [0, 0.1) is 5.82 Å². The molecule has 0 spiro atoms. The third kappa shape index (κ3) is 2.21. The number of imidazole rings is 1. The third-order valence-corrected chi connectivity index (χ3v) is 3.54. The minimum absolute atomic E-state index is 0.343. The van der Waals surface area contributed by atoms with Crippen LogP contribution in [0.15, 0.2) is 35.1 Å². The molecule has 1 aromatic carbocycles. The number of nitrogens with zero attached hydrogens (tertiary/aromatic N) is 4. The van der Waals surface area contributed by atoms with Crippen LogP contribution in [0.2, 0.25) is 0 Å². The molecule has 0 radical (unpaired) electrons. The Morgan fingerprint density at radius 1 is 1.32 bits per heavy atom. The lowest BCUT2D eigenvalue weighted by molar-refractivity contribution is 0.544. The zero-order valence-electron chi connectivity index (χ0n) is 9.92. The maximum atomic E-state index is 13.4. The highest BCUT2D eigenvalue weighted by atomic mass is 79.9. The van der Waals surface area contributed by atoms with E-state index < -0.39 is 0 Å². The minimum Gasteiger partial charge on any atom is -0.369 e. The van der Waals surface area contributed by atoms with E-state index in [9.17, 15) is 4.39 Å². The molecule has 2 aromatic heterocycles. The van der Waals surface area contributed by atoms with Gasteiger partial charge in [-0.05, 0) is 28.1 Å². The Kier molecular flexibility index (Phi) is 2.98. The summed E-state index contributed by atoms with van der Waals surface area (Å²) in [6.07, 6.45) is 3.60. The number of nitrogen functional groups attached to an aromatic ring is 1. The van der Waals surface area contributed by atoms with Crippen LogP contribution in [0.5, 0.6) is 0 Å². The number of anilines is 1. The average Bonchev–Trinajstić information content (AvgIpc) is 2.96. The second kappa shape index (κ2) is 4.65. The molecule has 98 valence electrons. The van der Waals surface area contributed by atoms with E-state index in [-0.39, 0.29) is 5.82 Å². The van der Waals surface area contributed by atoms with E-state index in [4.69, 9.17) is 5.73 Å². The largest absolute Gasteiger partial charge is 0.369 e. The van der Waals surface area contributed by atoms with E-state index in [2.05, 4.69) is 26.0 Å². The van der Waals surface area contributed by atoms with E-state index in [1.807, 2.05) is 21.5 Å². The molecule has 0 saturated carbocycles. The van der Waals surface area contributed by atoms with Gasteiger partial charge in [-0.2, -0.15) is 5.10 Å². The van der Waals surface area contributed by atoms with Crippen molar-refractivity contribution in [1.29, 1.82) is 0 Å². The molecule has 2 N–H and O–H groups in total. The Labute approximate surface area is 117 Å². The van der Waals surface area contributed by atoms with E-state index in [1.54, 1.807) is 12.3 Å². The molecule has 0 aliphatic rings. The average molecular weight is 324 g/mol. The molecular weight excluding hydrogens is 313 g/mol. The molecule has 3 rings (SSSR count). The van der Waals surface area contributed by atoms with Crippen LogP contribution in [0.25, 0.3) is 11.0 Å². The van der Waals surface area contributed by atoms with Gasteiger partial charge in [0.15, 0.2) is 0 Å². The fraction of sp³-hybridized carbons (Fsp3) is 0.167. The van der Waals surface area contributed by atoms with Crippen LogP contribution < -0.4 is 5.73 Å². The zero-order valence-corrected chi connectivity index (χ0v) is 11.5. The molecule has 0 aliphatic heterocycles. The van der Waals surface area contributed by atoms with Crippen molar-refractivity contribution in [1.82, 2.24) is 19.3 Å². The van der Waals surface area contributed by atoms with Gasteiger partial charge in [-0.15, -0.1) is 0 Å². The van der Waals surface area contributed by atoms with E-state index in [1.165, 1.54) is 6.07 Å². The van der Waals surface area contributed by atoms with Crippen LogP contribution in [0.4, 0.5) is 10.3 Å². The van der Waals surface area contributed by atoms with Crippen LogP contribution in [0.3, 0.4) is 0 Å². The van der Waals surface area contributed by atoms with Crippen LogP contribution in [0.1, 0.15) is 0 Å². The predicted octanol–water partition coefficient (Wildman–Crippen LogP) is 2.42. The molecule has 0 fully saturated rings. The Morgan fingerprint density at radius 2 is 2.16 bits per heavy atom. The highest BCUT2D eigenvalue weighted by Crippen LogP contribution is 2.25. The Bertz CT molecular complexity index is 719. The summed E-state index contributed by atoms with van der Waals surface area (Å²) < 4.78 is 17.5. The SMILES string of the molecule is Nc1nc2cc(F)c(Br)cc2n1CCn1cccn1. The van der Waals surface area contributed by atoms with Gasteiger partial charge < -0.3 is 10.3 Å². The topological polar surface area (TPSA) is 61.7 Å². The molecule has 2 heterocycles. The Hall–Kier alpha value is -1.89. The first-order chi connectivity index (χ1) is 9.15. The maximum Gasteiger partial charge on any atom is 0.201 e. The third-order valence-electron chi connectivity index (χ3n) is 2.93. The smallest absolute Gasteiger partial charge is 0.201 e. The molecule has 0 unspecified atom stereocenters. The minimum atomic E-state index is -0.343. The zero-order chi connectivity index (χ0) is 13.4. The summed E-state index contributed by atoms with van der Waals surface area (Å²) in [5, 5.41) is 4.13. The lowest BCUT2D eigenvalue weighted by Crippen LogP contribution is -2.10. The van der Waals surface area contributed by atoms with E-state index in [0.717, 1.165) is 5.52 Å². The first-order valence-electron chi connectivity index (χ1n) is 5.73. The summed E-state index contributed by atoms with van der Waals surface area (Å²) in [7, 11) is 0. The number of aromatic nitrogens is 4. The summed E-state index contributed by atoms with van der Waals surface area (Å²) in [4.78, 5) is 4.17. The molecular formula is C12H11BrFN5. The molecule has 0 saturated heterocycles. The van der Waals surface area contributed by atoms with Crippen LogP contribution >= 0.6 is 15.9 Å². The van der Waals surface area contributed by atoms with Gasteiger partial charge in [-0.3, -0.25) is 4.68 Å². The van der Waals surface area contributed by atoms with Gasteiger partial charge in [-0.25, -0.2) is 9.37 Å². The number of halogens is 2. The van der Waals surface area contributed by atoms with Crippen molar-refractivity contribution in [2.24, 2.45) is 0 Å². The number of nitrogens with two attached hydrogens (primary N) is 1. The summed E-state index contributed by atoms with van der Waals surface area (Å²) in [6, 6.07) is 4.93. The summed E-state index contributed by atoms with van der Waals surface area (Å²) in [5.74, 6) is 0.0314. The monoisotopic (exact) mass is 323 g/mol. The second-order valence-electron chi connectivity index (χ2n) is 4.15. The van der Waals surface area contributed by atoms with E-state index in [0.29, 0.717) is 29.0 Å². The number of rotatable bonds is 3. The Balaban J connectivity index is 1.98. The fourth-order valence-electron chi connectivity index (χ4n) is 2.01. The highest BCUT2D eigenvalue weighted by Gasteiger charge is 2.11. The molecule has 19 heavy (non-hydrogen) atoms. The van der Waals surface area contributed by atoms with Gasteiger partial charge in [0.2, 0.25) is 5.95 Å². The van der Waals surface area contributed by atoms with E-state index >= 15 is 0 Å². The summed E-state index contributed by atoms with van der Waals surface area (Å²) in [6.45, 7) is 1.31. The van der Waals surface area contributed by atoms with Crippen molar-refractivity contribution in [3.8, 4) is 0 Å². The number of benzene rings is 1. The first kappa shape index (κ1) is 12.2. The van der Waals surface area contributed by atoms with Gasteiger partial charge >= 0.3 is 0 Å². The van der Waals surface area contributed by atoms with Gasteiger partial charge in [0.25, 0.3) is 0 Å². The van der Waals surface area contributed by atoms with Gasteiger partial charge in [0.05, 0.1) is 22.1 Å². The molecule has 0 atom stereocenters. The number of hydrogen-bond acceptors (Lipinski definition) is 3. The molecule has 5 nitrogen and oxygen atoms in total. The highest BCUT2D eigenvalue weighted by molar-refractivity contribution is 9.10. The predicted molar refractivity (Wildman–Crippen MR) is 74.0 cm³/mol. The van der Waals surface area contributed by atoms with Crippen LogP contribution in [-0.2, 0) is 13.1 Å². The first-order valence-corrected chi connectivity index (χ1v) is 6.52. The number of hydrogen-bond donors (Lipinski definition) is 1. The van der Waals surface area contributed by atoms with Crippen LogP contribution in [-0.4, -0.2) is 19.3 Å². The van der Waals surface area contributed by atoms with Crippen molar-refractivity contribution in [3.05, 3.63) is 40.9 Å². The van der Waals surface area contributed by atoms with Crippen molar-refractivity contribution in [2.75, 3.05) is 5.73 Å². The second-order valence-corrected chi connectivity index (χ2v) is 5.00. The van der Waals surface area contributed by atoms with Gasteiger partial charge in [0, 0.05) is 25.0 Å². The molecule has 0 bridgehead atoms. The number of fused-ring (bicyclic) bond motifs is 1. The number of aryl methyl sites for hydroxylation is 2. The molecule has 0 amide bonds. The summed E-state index contributed by atoms with van der Waals surface area (Å²) in [5.41, 5.74) is 7.24. The Morgan fingerprint density at radius 3 is 2.89 bits per heavy atom. The summed E-state index contributed by atoms with van der Waals surface area (Å²) >= 11 is 3.18. The molecule has 0 aliphatic carbocycles. The maximum absolute atomic E-state index is 13.4. The van der Waals surface area contributed by atoms with Crippen molar-refractivity contribution >= 4 is 32.9 Å². The quantitative estimate of drug-likeness (QED) is 0.805. The van der Waals surface area contributed by atoms with Gasteiger partial charge in [-0.1, -0.05) is 0 Å². The van der Waals surface area contributed by atoms with Crippen molar-refractivity contribution < 1.29 is 4.39 Å². The lowest BCUT2D eigenvalue weighted by atomic mass is 10.3. The van der Waals surface area contributed by atoms with Crippen molar-refractivity contribution in [3.63, 3.8) is 0 Å². The fourth-order valence-corrected chi connectivity index (χ4v) is 2.34. The standard InChI is InChI=1S/C12H11BrFN5/c13-8-6-11-10(7-9(8)14)17-12(15)19(11)5-4-18-3-1-2-16-18/h1-3,6-7H,4-5H2,(H2,15,17). The normalized spacial score (nSPS) is 11.3. The molecule has 7 heteroatoms. The van der Waals surface area contributed by atoms with Crippen molar-refractivity contribution in [2.45, 2.75) is 13.1 Å². The lowest BCUT2D eigenvalue weighted by Gasteiger charge is -2.07. The van der Waals surface area contributed by atoms with Gasteiger partial charge in [0.1, 0.15) is 5.82 Å².